The Hall–Kier alpha value is -2.94. The Morgan fingerprint density at radius 1 is 1.18 bits per heavy atom. The van der Waals surface area contributed by atoms with E-state index in [1.54, 1.807) is 31.2 Å². The van der Waals surface area contributed by atoms with E-state index < -0.39 is 11.1 Å². The highest BCUT2D eigenvalue weighted by Gasteiger charge is 2.19. The fraction of sp³-hybridized carbons (Fsp3) is 0.211. The number of nitrogen functional groups attached to an aromatic ring is 1. The Kier molecular flexibility index (Phi) is 6.25. The summed E-state index contributed by atoms with van der Waals surface area (Å²) in [7, 11) is 0. The lowest BCUT2D eigenvalue weighted by Gasteiger charge is -2.11. The normalized spacial score (nSPS) is 12.0. The molecule has 146 valence electrons. The second-order valence-electron chi connectivity index (χ2n) is 6.11. The molecule has 3 N–H and O–H groups in total. The molecule has 1 heterocycles. The first kappa shape index (κ1) is 19.8. The van der Waals surface area contributed by atoms with E-state index in [0.29, 0.717) is 29.5 Å². The maximum absolute atomic E-state index is 13.4. The molecule has 0 radical (unpaired) electrons. The van der Waals surface area contributed by atoms with Crippen molar-refractivity contribution in [2.24, 2.45) is 0 Å². The molecule has 2 aromatic carbocycles. The SMILES string of the molecule is C[C@H](Sc1nnc(-c2cccc(F)c2)n1N)C(=O)NCCc1ccc(F)cc1. The van der Waals surface area contributed by atoms with Crippen LogP contribution in [0.4, 0.5) is 8.78 Å². The van der Waals surface area contributed by atoms with Crippen LogP contribution in [-0.2, 0) is 11.2 Å². The number of nitrogens with two attached hydrogens (primary N) is 1. The van der Waals surface area contributed by atoms with E-state index in [0.717, 1.165) is 17.3 Å². The number of halogens is 2. The second-order valence-corrected chi connectivity index (χ2v) is 7.42. The summed E-state index contributed by atoms with van der Waals surface area (Å²) in [5.41, 5.74) is 1.43. The Bertz CT molecular complexity index is 961. The van der Waals surface area contributed by atoms with Gasteiger partial charge < -0.3 is 11.2 Å². The zero-order chi connectivity index (χ0) is 20.1. The molecule has 0 spiro atoms. The molecule has 6 nitrogen and oxygen atoms in total. The summed E-state index contributed by atoms with van der Waals surface area (Å²) in [6, 6.07) is 12.0. The molecule has 0 aliphatic carbocycles. The van der Waals surface area contributed by atoms with Gasteiger partial charge in [0.2, 0.25) is 11.1 Å². The van der Waals surface area contributed by atoms with Gasteiger partial charge in [-0.05, 0) is 43.2 Å². The fourth-order valence-corrected chi connectivity index (χ4v) is 3.31. The molecule has 0 fully saturated rings. The van der Waals surface area contributed by atoms with Crippen LogP contribution in [0.5, 0.6) is 0 Å². The second kappa shape index (κ2) is 8.83. The van der Waals surface area contributed by atoms with Crippen LogP contribution in [0, 0.1) is 11.6 Å². The van der Waals surface area contributed by atoms with Crippen LogP contribution in [0.15, 0.2) is 53.7 Å². The molecule has 0 aliphatic heterocycles. The minimum atomic E-state index is -0.458. The average Bonchev–Trinajstić information content (AvgIpc) is 3.03. The Labute approximate surface area is 165 Å². The van der Waals surface area contributed by atoms with Crippen LogP contribution in [0.1, 0.15) is 12.5 Å². The largest absolute Gasteiger partial charge is 0.355 e. The molecule has 0 saturated heterocycles. The van der Waals surface area contributed by atoms with Crippen molar-refractivity contribution >= 4 is 17.7 Å². The van der Waals surface area contributed by atoms with Crippen molar-refractivity contribution in [1.82, 2.24) is 20.2 Å². The molecule has 9 heteroatoms. The lowest BCUT2D eigenvalue weighted by molar-refractivity contribution is -0.120. The van der Waals surface area contributed by atoms with Crippen LogP contribution in [0.25, 0.3) is 11.4 Å². The zero-order valence-electron chi connectivity index (χ0n) is 15.1. The van der Waals surface area contributed by atoms with Gasteiger partial charge in [0.15, 0.2) is 5.82 Å². The smallest absolute Gasteiger partial charge is 0.233 e. The highest BCUT2D eigenvalue weighted by molar-refractivity contribution is 8.00. The zero-order valence-corrected chi connectivity index (χ0v) is 15.9. The number of hydrogen-bond acceptors (Lipinski definition) is 5. The molecule has 28 heavy (non-hydrogen) atoms. The minimum absolute atomic E-state index is 0.178. The molecule has 1 amide bonds. The summed E-state index contributed by atoms with van der Waals surface area (Å²) in [6.07, 6.45) is 0.597. The molecular weight excluding hydrogens is 384 g/mol. The van der Waals surface area contributed by atoms with E-state index in [4.69, 9.17) is 5.84 Å². The van der Waals surface area contributed by atoms with Crippen molar-refractivity contribution in [2.45, 2.75) is 23.8 Å². The van der Waals surface area contributed by atoms with Gasteiger partial charge in [-0.15, -0.1) is 10.2 Å². The number of thioether (sulfide) groups is 1. The number of aromatic nitrogens is 3. The first-order valence-electron chi connectivity index (χ1n) is 8.59. The van der Waals surface area contributed by atoms with E-state index in [1.807, 2.05) is 0 Å². The summed E-state index contributed by atoms with van der Waals surface area (Å²) in [6.45, 7) is 2.16. The van der Waals surface area contributed by atoms with Crippen LogP contribution < -0.4 is 11.2 Å². The summed E-state index contributed by atoms with van der Waals surface area (Å²) in [5, 5.41) is 10.7. The number of benzene rings is 2. The van der Waals surface area contributed by atoms with Gasteiger partial charge in [0.25, 0.3) is 0 Å². The van der Waals surface area contributed by atoms with Gasteiger partial charge in [0, 0.05) is 12.1 Å². The molecule has 3 aromatic rings. The molecule has 1 atom stereocenters. The molecular formula is C19H19F2N5OS. The summed E-state index contributed by atoms with van der Waals surface area (Å²) in [5.74, 6) is 5.45. The van der Waals surface area contributed by atoms with Crippen LogP contribution in [0.3, 0.4) is 0 Å². The number of carbonyl (C=O) groups is 1. The number of nitrogens with zero attached hydrogens (tertiary/aromatic N) is 3. The predicted octanol–water partition coefficient (Wildman–Crippen LogP) is 2.78. The Morgan fingerprint density at radius 2 is 1.93 bits per heavy atom. The van der Waals surface area contributed by atoms with Gasteiger partial charge in [0.05, 0.1) is 5.25 Å². The number of rotatable bonds is 7. The summed E-state index contributed by atoms with van der Waals surface area (Å²) in [4.78, 5) is 12.3. The van der Waals surface area contributed by atoms with Gasteiger partial charge in [-0.2, -0.15) is 0 Å². The molecule has 0 bridgehead atoms. The molecule has 1 aromatic heterocycles. The third-order valence-electron chi connectivity index (χ3n) is 4.02. The van der Waals surface area contributed by atoms with E-state index in [2.05, 4.69) is 15.5 Å². The number of nitrogens with one attached hydrogen (secondary N) is 1. The van der Waals surface area contributed by atoms with E-state index in [1.165, 1.54) is 28.9 Å². The van der Waals surface area contributed by atoms with Crippen LogP contribution in [-0.4, -0.2) is 32.6 Å². The first-order valence-corrected chi connectivity index (χ1v) is 9.47. The van der Waals surface area contributed by atoms with Gasteiger partial charge >= 0.3 is 0 Å². The first-order chi connectivity index (χ1) is 13.4. The van der Waals surface area contributed by atoms with Crippen molar-refractivity contribution in [3.8, 4) is 11.4 Å². The Balaban J connectivity index is 1.56. The van der Waals surface area contributed by atoms with Gasteiger partial charge in [0.1, 0.15) is 11.6 Å². The lowest BCUT2D eigenvalue weighted by Crippen LogP contribution is -2.32. The Morgan fingerprint density at radius 3 is 2.64 bits per heavy atom. The number of hydrogen-bond donors (Lipinski definition) is 2. The van der Waals surface area contributed by atoms with Gasteiger partial charge in [-0.25, -0.2) is 13.5 Å². The molecule has 0 saturated carbocycles. The monoisotopic (exact) mass is 403 g/mol. The highest BCUT2D eigenvalue weighted by Crippen LogP contribution is 2.25. The third kappa shape index (κ3) is 4.86. The molecule has 3 rings (SSSR count). The van der Waals surface area contributed by atoms with Crippen LogP contribution >= 0.6 is 11.8 Å². The maximum atomic E-state index is 13.4. The summed E-state index contributed by atoms with van der Waals surface area (Å²) < 4.78 is 27.5. The van der Waals surface area contributed by atoms with E-state index >= 15 is 0 Å². The van der Waals surface area contributed by atoms with Gasteiger partial charge in [-0.1, -0.05) is 36.0 Å². The third-order valence-corrected chi connectivity index (χ3v) is 5.08. The summed E-state index contributed by atoms with van der Waals surface area (Å²) >= 11 is 1.16. The topological polar surface area (TPSA) is 85.8 Å². The van der Waals surface area contributed by atoms with Crippen molar-refractivity contribution in [3.63, 3.8) is 0 Å². The lowest BCUT2D eigenvalue weighted by atomic mass is 10.1. The van der Waals surface area contributed by atoms with Crippen molar-refractivity contribution in [2.75, 3.05) is 12.4 Å². The molecule has 0 unspecified atom stereocenters. The number of amides is 1. The van der Waals surface area contributed by atoms with E-state index in [-0.39, 0.29) is 11.7 Å². The fourth-order valence-electron chi connectivity index (χ4n) is 2.52. The highest BCUT2D eigenvalue weighted by atomic mass is 32.2. The number of carbonyl (C=O) groups excluding carboxylic acids is 1. The van der Waals surface area contributed by atoms with Crippen LogP contribution in [0.2, 0.25) is 0 Å². The standard InChI is InChI=1S/C19H19F2N5OS/c1-12(18(27)23-10-9-13-5-7-15(20)8-6-13)28-19-25-24-17(26(19)22)14-3-2-4-16(21)11-14/h2-8,11-12H,9-10,22H2,1H3,(H,23,27)/t12-/m0/s1. The van der Waals surface area contributed by atoms with E-state index in [9.17, 15) is 13.6 Å². The maximum Gasteiger partial charge on any atom is 0.233 e. The van der Waals surface area contributed by atoms with Crippen molar-refractivity contribution in [1.29, 1.82) is 0 Å². The average molecular weight is 403 g/mol. The quantitative estimate of drug-likeness (QED) is 0.468. The minimum Gasteiger partial charge on any atom is -0.355 e. The van der Waals surface area contributed by atoms with Gasteiger partial charge in [-0.3, -0.25) is 4.79 Å². The van der Waals surface area contributed by atoms with Crippen molar-refractivity contribution < 1.29 is 13.6 Å². The molecule has 0 aliphatic rings. The predicted molar refractivity (Wildman–Crippen MR) is 104 cm³/mol. The van der Waals surface area contributed by atoms with Crippen molar-refractivity contribution in [3.05, 3.63) is 65.7 Å².